The molecule has 5 nitrogen and oxygen atoms in total. The number of pyridine rings is 1. The average Bonchev–Trinajstić information content (AvgIpc) is 2.76. The Morgan fingerprint density at radius 3 is 2.89 bits per heavy atom. The van der Waals surface area contributed by atoms with E-state index in [9.17, 15) is 4.79 Å². The molecule has 1 aromatic rings. The molecule has 2 rings (SSSR count). The van der Waals surface area contributed by atoms with Crippen molar-refractivity contribution in [3.8, 4) is 6.07 Å². The van der Waals surface area contributed by atoms with Gasteiger partial charge in [0, 0.05) is 26.1 Å². The highest BCUT2D eigenvalue weighted by Crippen LogP contribution is 2.22. The van der Waals surface area contributed by atoms with Gasteiger partial charge in [0.05, 0.1) is 11.3 Å². The summed E-state index contributed by atoms with van der Waals surface area (Å²) in [7, 11) is 0. The van der Waals surface area contributed by atoms with Crippen molar-refractivity contribution in [3.63, 3.8) is 0 Å². The number of carbonyl (C=O) groups is 1. The molecule has 0 spiro atoms. The standard InChI is InChI=1S/C14H18N4O/c1-9-6-14(16-10(2)13(9)7-15)18-5-4-12(8-18)17-11(3)19/h6,12H,4-5,8H2,1-3H3,(H,17,19). The van der Waals surface area contributed by atoms with Crippen LogP contribution in [0, 0.1) is 25.2 Å². The molecule has 0 aliphatic carbocycles. The van der Waals surface area contributed by atoms with Crippen molar-refractivity contribution in [2.45, 2.75) is 33.2 Å². The zero-order valence-corrected chi connectivity index (χ0v) is 11.5. The van der Waals surface area contributed by atoms with Crippen LogP contribution in [-0.4, -0.2) is 30.0 Å². The number of aromatic nitrogens is 1. The topological polar surface area (TPSA) is 69.0 Å². The van der Waals surface area contributed by atoms with Gasteiger partial charge < -0.3 is 10.2 Å². The van der Waals surface area contributed by atoms with Crippen LogP contribution in [0.15, 0.2) is 6.07 Å². The number of nitrogens with one attached hydrogen (secondary N) is 1. The van der Waals surface area contributed by atoms with E-state index in [1.165, 1.54) is 6.92 Å². The van der Waals surface area contributed by atoms with Crippen LogP contribution in [0.4, 0.5) is 5.82 Å². The van der Waals surface area contributed by atoms with Crippen LogP contribution in [0.3, 0.4) is 0 Å². The quantitative estimate of drug-likeness (QED) is 0.867. The Kier molecular flexibility index (Phi) is 3.70. The Morgan fingerprint density at radius 2 is 2.32 bits per heavy atom. The van der Waals surface area contributed by atoms with E-state index >= 15 is 0 Å². The molecule has 1 aliphatic rings. The van der Waals surface area contributed by atoms with Crippen LogP contribution in [0.25, 0.3) is 0 Å². The van der Waals surface area contributed by atoms with E-state index in [0.29, 0.717) is 5.56 Å². The van der Waals surface area contributed by atoms with Gasteiger partial charge in [0.25, 0.3) is 0 Å². The molecule has 100 valence electrons. The number of nitriles is 1. The third kappa shape index (κ3) is 2.84. The number of anilines is 1. The summed E-state index contributed by atoms with van der Waals surface area (Å²) >= 11 is 0. The number of hydrogen-bond donors (Lipinski definition) is 1. The van der Waals surface area contributed by atoms with Crippen LogP contribution >= 0.6 is 0 Å². The average molecular weight is 258 g/mol. The van der Waals surface area contributed by atoms with Gasteiger partial charge >= 0.3 is 0 Å². The lowest BCUT2D eigenvalue weighted by Crippen LogP contribution is -2.35. The molecular weight excluding hydrogens is 240 g/mol. The van der Waals surface area contributed by atoms with Crippen molar-refractivity contribution in [2.75, 3.05) is 18.0 Å². The number of aryl methyl sites for hydroxylation is 2. The van der Waals surface area contributed by atoms with Crippen molar-refractivity contribution < 1.29 is 4.79 Å². The van der Waals surface area contributed by atoms with Crippen molar-refractivity contribution >= 4 is 11.7 Å². The first-order valence-electron chi connectivity index (χ1n) is 6.41. The lowest BCUT2D eigenvalue weighted by Gasteiger charge is -2.19. The van der Waals surface area contributed by atoms with E-state index < -0.39 is 0 Å². The van der Waals surface area contributed by atoms with Crippen molar-refractivity contribution in [1.29, 1.82) is 5.26 Å². The molecule has 1 aromatic heterocycles. The third-order valence-electron chi connectivity index (χ3n) is 3.42. The lowest BCUT2D eigenvalue weighted by atomic mass is 10.1. The molecule has 1 aliphatic heterocycles. The molecule has 1 saturated heterocycles. The fraction of sp³-hybridized carbons (Fsp3) is 0.500. The van der Waals surface area contributed by atoms with Gasteiger partial charge in [-0.15, -0.1) is 0 Å². The molecule has 0 saturated carbocycles. The summed E-state index contributed by atoms with van der Waals surface area (Å²) in [6.45, 7) is 6.98. The predicted molar refractivity (Wildman–Crippen MR) is 72.9 cm³/mol. The molecule has 1 amide bonds. The normalized spacial score (nSPS) is 18.2. The molecule has 1 atom stereocenters. The predicted octanol–water partition coefficient (Wildman–Crippen LogP) is 1.28. The highest BCUT2D eigenvalue weighted by molar-refractivity contribution is 5.73. The van der Waals surface area contributed by atoms with Crippen molar-refractivity contribution in [2.24, 2.45) is 0 Å². The van der Waals surface area contributed by atoms with E-state index in [0.717, 1.165) is 36.6 Å². The molecule has 0 aromatic carbocycles. The minimum absolute atomic E-state index is 0.00648. The van der Waals surface area contributed by atoms with Crippen LogP contribution in [0.1, 0.15) is 30.2 Å². The Morgan fingerprint density at radius 1 is 1.58 bits per heavy atom. The summed E-state index contributed by atoms with van der Waals surface area (Å²) in [5.41, 5.74) is 2.37. The Hall–Kier alpha value is -2.09. The summed E-state index contributed by atoms with van der Waals surface area (Å²) in [4.78, 5) is 17.7. The van der Waals surface area contributed by atoms with Crippen LogP contribution < -0.4 is 10.2 Å². The summed E-state index contributed by atoms with van der Waals surface area (Å²) in [6, 6.07) is 4.31. The van der Waals surface area contributed by atoms with Crippen LogP contribution in [-0.2, 0) is 4.79 Å². The van der Waals surface area contributed by atoms with Gasteiger partial charge in [0.1, 0.15) is 11.9 Å². The third-order valence-corrected chi connectivity index (χ3v) is 3.42. The molecule has 1 N–H and O–H groups in total. The second kappa shape index (κ2) is 5.27. The zero-order chi connectivity index (χ0) is 14.0. The monoisotopic (exact) mass is 258 g/mol. The van der Waals surface area contributed by atoms with Crippen LogP contribution in [0.2, 0.25) is 0 Å². The summed E-state index contributed by atoms with van der Waals surface area (Å²) in [5.74, 6) is 0.897. The van der Waals surface area contributed by atoms with E-state index in [-0.39, 0.29) is 11.9 Å². The SMILES string of the molecule is CC(=O)NC1CCN(c2cc(C)c(C#N)c(C)n2)C1. The first kappa shape index (κ1) is 13.3. The molecule has 5 heteroatoms. The zero-order valence-electron chi connectivity index (χ0n) is 11.5. The second-order valence-corrected chi connectivity index (χ2v) is 5.00. The molecule has 2 heterocycles. The molecular formula is C14H18N4O. The van der Waals surface area contributed by atoms with Gasteiger partial charge in [-0.05, 0) is 31.9 Å². The maximum Gasteiger partial charge on any atom is 0.217 e. The van der Waals surface area contributed by atoms with Gasteiger partial charge in [0.2, 0.25) is 5.91 Å². The van der Waals surface area contributed by atoms with Gasteiger partial charge in [-0.25, -0.2) is 4.98 Å². The first-order chi connectivity index (χ1) is 9.01. The molecule has 0 radical (unpaired) electrons. The van der Waals surface area contributed by atoms with Gasteiger partial charge in [-0.1, -0.05) is 0 Å². The highest BCUT2D eigenvalue weighted by Gasteiger charge is 2.24. The molecule has 1 unspecified atom stereocenters. The maximum absolute atomic E-state index is 11.1. The van der Waals surface area contributed by atoms with Crippen LogP contribution in [0.5, 0.6) is 0 Å². The number of amides is 1. The summed E-state index contributed by atoms with van der Waals surface area (Å²) in [6.07, 6.45) is 0.930. The number of hydrogen-bond acceptors (Lipinski definition) is 4. The van der Waals surface area contributed by atoms with Gasteiger partial charge in [-0.3, -0.25) is 4.79 Å². The van der Waals surface area contributed by atoms with E-state index in [4.69, 9.17) is 5.26 Å². The Bertz CT molecular complexity index is 524. The Labute approximate surface area is 113 Å². The van der Waals surface area contributed by atoms with E-state index in [1.54, 1.807) is 0 Å². The van der Waals surface area contributed by atoms with Crippen molar-refractivity contribution in [3.05, 3.63) is 22.9 Å². The molecule has 0 bridgehead atoms. The minimum Gasteiger partial charge on any atom is -0.354 e. The molecule has 1 fully saturated rings. The van der Waals surface area contributed by atoms with E-state index in [2.05, 4.69) is 21.3 Å². The number of rotatable bonds is 2. The molecule has 19 heavy (non-hydrogen) atoms. The lowest BCUT2D eigenvalue weighted by molar-refractivity contribution is -0.119. The fourth-order valence-corrected chi connectivity index (χ4v) is 2.52. The highest BCUT2D eigenvalue weighted by atomic mass is 16.1. The van der Waals surface area contributed by atoms with E-state index in [1.807, 2.05) is 19.9 Å². The summed E-state index contributed by atoms with van der Waals surface area (Å²) < 4.78 is 0. The second-order valence-electron chi connectivity index (χ2n) is 5.00. The minimum atomic E-state index is 0.00648. The smallest absolute Gasteiger partial charge is 0.217 e. The first-order valence-corrected chi connectivity index (χ1v) is 6.41. The Balaban J connectivity index is 2.16. The maximum atomic E-state index is 11.1. The van der Waals surface area contributed by atoms with Gasteiger partial charge in [0.15, 0.2) is 0 Å². The van der Waals surface area contributed by atoms with Gasteiger partial charge in [-0.2, -0.15) is 5.26 Å². The fourth-order valence-electron chi connectivity index (χ4n) is 2.52. The number of nitrogens with zero attached hydrogens (tertiary/aromatic N) is 3. The summed E-state index contributed by atoms with van der Waals surface area (Å²) in [5, 5.41) is 12.0. The largest absolute Gasteiger partial charge is 0.354 e. The van der Waals surface area contributed by atoms with Crippen molar-refractivity contribution in [1.82, 2.24) is 10.3 Å². The number of carbonyl (C=O) groups excluding carboxylic acids is 1.